The lowest BCUT2D eigenvalue weighted by atomic mass is 10.2. The van der Waals surface area contributed by atoms with Crippen molar-refractivity contribution in [2.75, 3.05) is 39.3 Å². The Morgan fingerprint density at radius 2 is 2.12 bits per heavy atom. The molecule has 0 spiro atoms. The first-order chi connectivity index (χ1) is 10.7. The molecule has 2 atom stereocenters. The highest BCUT2D eigenvalue weighted by Gasteiger charge is 2.28. The van der Waals surface area contributed by atoms with Gasteiger partial charge < -0.3 is 19.8 Å². The van der Waals surface area contributed by atoms with Crippen LogP contribution in [0.5, 0.6) is 0 Å². The minimum atomic E-state index is -0.383. The lowest BCUT2D eigenvalue weighted by Gasteiger charge is -2.28. The third kappa shape index (κ3) is 5.36. The molecule has 0 bridgehead atoms. The Balaban J connectivity index is 0.00000144. The predicted molar refractivity (Wildman–Crippen MR) is 97.1 cm³/mol. The fourth-order valence-electron chi connectivity index (χ4n) is 3.14. The molecule has 1 aromatic rings. The zero-order chi connectivity index (χ0) is 15.4. The number of nitrogens with zero attached hydrogens (tertiary/aromatic N) is 1. The molecular formula is C16H27Cl2N3O3. The summed E-state index contributed by atoms with van der Waals surface area (Å²) >= 11 is 0. The Hall–Kier alpha value is -0.790. The fraction of sp³-hybridized carbons (Fsp3) is 0.688. The molecule has 2 saturated heterocycles. The second-order valence-corrected chi connectivity index (χ2v) is 6.02. The van der Waals surface area contributed by atoms with Crippen LogP contribution in [0.15, 0.2) is 16.5 Å². The van der Waals surface area contributed by atoms with Gasteiger partial charge in [-0.15, -0.1) is 24.8 Å². The number of halogens is 2. The van der Waals surface area contributed by atoms with E-state index in [4.69, 9.17) is 9.15 Å². The number of rotatable bonds is 5. The maximum Gasteiger partial charge on any atom is 0.250 e. The van der Waals surface area contributed by atoms with Crippen LogP contribution in [0.4, 0.5) is 0 Å². The zero-order valence-corrected chi connectivity index (χ0v) is 15.6. The van der Waals surface area contributed by atoms with Crippen molar-refractivity contribution in [3.63, 3.8) is 0 Å². The summed E-state index contributed by atoms with van der Waals surface area (Å²) in [5.74, 6) is 1.80. The van der Waals surface area contributed by atoms with E-state index < -0.39 is 0 Å². The van der Waals surface area contributed by atoms with E-state index >= 15 is 0 Å². The minimum Gasteiger partial charge on any atom is -0.465 e. The van der Waals surface area contributed by atoms with Crippen molar-refractivity contribution in [1.82, 2.24) is 15.5 Å². The third-order valence-electron chi connectivity index (χ3n) is 4.36. The zero-order valence-electron chi connectivity index (χ0n) is 14.0. The first kappa shape index (κ1) is 21.3. The van der Waals surface area contributed by atoms with E-state index in [1.165, 1.54) is 12.8 Å². The van der Waals surface area contributed by atoms with Crippen LogP contribution < -0.4 is 10.6 Å². The van der Waals surface area contributed by atoms with E-state index in [0.29, 0.717) is 19.7 Å². The molecule has 3 heterocycles. The Kier molecular flexibility index (Phi) is 9.08. The topological polar surface area (TPSA) is 66.7 Å². The number of hydrogen-bond donors (Lipinski definition) is 2. The summed E-state index contributed by atoms with van der Waals surface area (Å²) in [6.07, 6.45) is 2.03. The molecule has 3 rings (SSSR count). The second kappa shape index (κ2) is 10.3. The molecule has 2 N–H and O–H groups in total. The molecular weight excluding hydrogens is 353 g/mol. The summed E-state index contributed by atoms with van der Waals surface area (Å²) in [4.78, 5) is 14.6. The second-order valence-electron chi connectivity index (χ2n) is 6.02. The fourth-order valence-corrected chi connectivity index (χ4v) is 3.14. The SMILES string of the molecule is Cc1ccc(C(CNC(=O)C2CNCCO2)N2CCCC2)o1.Cl.Cl. The van der Waals surface area contributed by atoms with Gasteiger partial charge >= 0.3 is 0 Å². The van der Waals surface area contributed by atoms with Gasteiger partial charge in [-0.3, -0.25) is 9.69 Å². The molecule has 138 valence electrons. The largest absolute Gasteiger partial charge is 0.465 e. The smallest absolute Gasteiger partial charge is 0.250 e. The standard InChI is InChI=1S/C16H25N3O3.2ClH/c1-12-4-5-14(22-12)13(19-7-2-3-8-19)10-18-16(20)15-11-17-6-9-21-15;;/h4-5,13,15,17H,2-3,6-11H2,1H3,(H,18,20);2*1H. The number of amides is 1. The minimum absolute atomic E-state index is 0. The van der Waals surface area contributed by atoms with E-state index in [1.54, 1.807) is 0 Å². The number of carbonyl (C=O) groups excluding carboxylic acids is 1. The van der Waals surface area contributed by atoms with Crippen molar-refractivity contribution in [3.05, 3.63) is 23.7 Å². The molecule has 2 fully saturated rings. The number of hydrogen-bond acceptors (Lipinski definition) is 5. The highest BCUT2D eigenvalue weighted by molar-refractivity contribution is 5.85. The van der Waals surface area contributed by atoms with Gasteiger partial charge in [0, 0.05) is 19.6 Å². The molecule has 2 unspecified atom stereocenters. The van der Waals surface area contributed by atoms with Crippen LogP contribution in [-0.4, -0.2) is 56.2 Å². The highest BCUT2D eigenvalue weighted by Crippen LogP contribution is 2.26. The number of ether oxygens (including phenoxy) is 1. The van der Waals surface area contributed by atoms with Crippen molar-refractivity contribution in [2.24, 2.45) is 0 Å². The van der Waals surface area contributed by atoms with Crippen molar-refractivity contribution >= 4 is 30.7 Å². The van der Waals surface area contributed by atoms with Gasteiger partial charge in [0.15, 0.2) is 0 Å². The van der Waals surface area contributed by atoms with Gasteiger partial charge in [0.25, 0.3) is 5.91 Å². The molecule has 0 saturated carbocycles. The van der Waals surface area contributed by atoms with Gasteiger partial charge in [0.05, 0.1) is 12.6 Å². The van der Waals surface area contributed by atoms with Gasteiger partial charge in [-0.25, -0.2) is 0 Å². The van der Waals surface area contributed by atoms with Crippen molar-refractivity contribution in [2.45, 2.75) is 31.9 Å². The normalized spacial score (nSPS) is 22.3. The van der Waals surface area contributed by atoms with E-state index in [2.05, 4.69) is 15.5 Å². The summed E-state index contributed by atoms with van der Waals surface area (Å²) in [5.41, 5.74) is 0. The summed E-state index contributed by atoms with van der Waals surface area (Å²) in [5, 5.41) is 6.21. The first-order valence-corrected chi connectivity index (χ1v) is 8.14. The lowest BCUT2D eigenvalue weighted by molar-refractivity contribution is -0.134. The number of likely N-dealkylation sites (tertiary alicyclic amines) is 1. The van der Waals surface area contributed by atoms with Crippen LogP contribution >= 0.6 is 24.8 Å². The van der Waals surface area contributed by atoms with Crippen LogP contribution in [0.3, 0.4) is 0 Å². The number of carbonyl (C=O) groups is 1. The summed E-state index contributed by atoms with van der Waals surface area (Å²) in [6, 6.07) is 4.11. The van der Waals surface area contributed by atoms with E-state index in [0.717, 1.165) is 31.2 Å². The molecule has 1 aromatic heterocycles. The number of furan rings is 1. The van der Waals surface area contributed by atoms with Crippen LogP contribution in [0.1, 0.15) is 30.4 Å². The summed E-state index contributed by atoms with van der Waals surface area (Å²) in [7, 11) is 0. The Morgan fingerprint density at radius 1 is 1.38 bits per heavy atom. The third-order valence-corrected chi connectivity index (χ3v) is 4.36. The first-order valence-electron chi connectivity index (χ1n) is 8.14. The molecule has 0 aliphatic carbocycles. The summed E-state index contributed by atoms with van der Waals surface area (Å²) in [6.45, 7) is 6.61. The average Bonchev–Trinajstić information content (AvgIpc) is 3.21. The molecule has 2 aliphatic rings. The molecule has 24 heavy (non-hydrogen) atoms. The molecule has 1 amide bonds. The van der Waals surface area contributed by atoms with Crippen LogP contribution in [-0.2, 0) is 9.53 Å². The van der Waals surface area contributed by atoms with Crippen LogP contribution in [0.2, 0.25) is 0 Å². The lowest BCUT2D eigenvalue weighted by Crippen LogP contribution is -2.49. The van der Waals surface area contributed by atoms with Crippen molar-refractivity contribution in [1.29, 1.82) is 0 Å². The molecule has 8 heteroatoms. The summed E-state index contributed by atoms with van der Waals surface area (Å²) < 4.78 is 11.3. The van der Waals surface area contributed by atoms with E-state index in [9.17, 15) is 4.79 Å². The highest BCUT2D eigenvalue weighted by atomic mass is 35.5. The van der Waals surface area contributed by atoms with Crippen LogP contribution in [0.25, 0.3) is 0 Å². The maximum absolute atomic E-state index is 12.2. The Bertz CT molecular complexity index is 501. The van der Waals surface area contributed by atoms with Gasteiger partial charge in [-0.05, 0) is 45.0 Å². The van der Waals surface area contributed by atoms with Gasteiger partial charge in [-0.2, -0.15) is 0 Å². The van der Waals surface area contributed by atoms with Gasteiger partial charge in [0.1, 0.15) is 17.6 Å². The predicted octanol–water partition coefficient (Wildman–Crippen LogP) is 1.67. The number of morpholine rings is 1. The van der Waals surface area contributed by atoms with Gasteiger partial charge in [-0.1, -0.05) is 0 Å². The quantitative estimate of drug-likeness (QED) is 0.814. The van der Waals surface area contributed by atoms with Gasteiger partial charge in [0.2, 0.25) is 0 Å². The Labute approximate surface area is 155 Å². The molecule has 0 aromatic carbocycles. The molecule has 0 radical (unpaired) electrons. The number of aryl methyl sites for hydroxylation is 1. The van der Waals surface area contributed by atoms with Crippen molar-refractivity contribution < 1.29 is 13.9 Å². The number of nitrogens with one attached hydrogen (secondary N) is 2. The molecule has 2 aliphatic heterocycles. The van der Waals surface area contributed by atoms with E-state index in [-0.39, 0.29) is 42.9 Å². The average molecular weight is 380 g/mol. The maximum atomic E-state index is 12.2. The molecule has 6 nitrogen and oxygen atoms in total. The van der Waals surface area contributed by atoms with E-state index in [1.807, 2.05) is 19.1 Å². The Morgan fingerprint density at radius 3 is 2.71 bits per heavy atom. The van der Waals surface area contributed by atoms with Crippen molar-refractivity contribution in [3.8, 4) is 0 Å². The van der Waals surface area contributed by atoms with Crippen LogP contribution in [0, 0.1) is 6.92 Å². The monoisotopic (exact) mass is 379 g/mol.